The Kier molecular flexibility index (Phi) is 9.21. The van der Waals surface area contributed by atoms with Gasteiger partial charge >= 0.3 is 0 Å². The fourth-order valence-corrected chi connectivity index (χ4v) is 8.18. The van der Waals surface area contributed by atoms with Gasteiger partial charge in [-0.05, 0) is 189 Å². The molecule has 0 unspecified atom stereocenters. The Labute approximate surface area is 279 Å². The first kappa shape index (κ1) is 28.2. The van der Waals surface area contributed by atoms with Crippen LogP contribution in [0.15, 0.2) is 109 Å². The Morgan fingerprint density at radius 2 is 0.579 bits per heavy atom. The van der Waals surface area contributed by atoms with Crippen molar-refractivity contribution in [3.63, 3.8) is 0 Å². The maximum atomic E-state index is 2.40. The molecule has 0 radical (unpaired) electrons. The number of halogens is 4. The standard InChI is InChI=1S/C32H24I4N2/c1-21-3-7-27(8-4-21)37(31-17-23(33)15-24(34)18-31)29-11-13-30(14-12-29)38(28-9-5-22(2)6-10-28)32-19-25(35)16-26(36)20-32/h3-20H,1-2H3. The van der Waals surface area contributed by atoms with Gasteiger partial charge < -0.3 is 9.80 Å². The molecule has 6 heteroatoms. The van der Waals surface area contributed by atoms with Crippen LogP contribution in [0.1, 0.15) is 11.1 Å². The third kappa shape index (κ3) is 6.67. The van der Waals surface area contributed by atoms with Gasteiger partial charge in [0.15, 0.2) is 0 Å². The van der Waals surface area contributed by atoms with Gasteiger partial charge in [-0.3, -0.25) is 0 Å². The van der Waals surface area contributed by atoms with Gasteiger partial charge in [-0.1, -0.05) is 35.4 Å². The summed E-state index contributed by atoms with van der Waals surface area (Å²) in [5, 5.41) is 0. The molecule has 0 aliphatic carbocycles. The average molecular weight is 944 g/mol. The number of hydrogen-bond donors (Lipinski definition) is 0. The Bertz CT molecular complexity index is 1400. The molecule has 5 rings (SSSR count). The van der Waals surface area contributed by atoms with Crippen LogP contribution in [0.5, 0.6) is 0 Å². The first-order chi connectivity index (χ1) is 18.3. The lowest BCUT2D eigenvalue weighted by molar-refractivity contribution is 1.24. The Morgan fingerprint density at radius 1 is 0.342 bits per heavy atom. The van der Waals surface area contributed by atoms with Crippen LogP contribution in [-0.4, -0.2) is 0 Å². The molecular weight excluding hydrogens is 920 g/mol. The molecule has 0 heterocycles. The summed E-state index contributed by atoms with van der Waals surface area (Å²) in [5.74, 6) is 0. The smallest absolute Gasteiger partial charge is 0.0482 e. The molecule has 0 aliphatic heterocycles. The summed E-state index contributed by atoms with van der Waals surface area (Å²) in [7, 11) is 0. The fourth-order valence-electron chi connectivity index (χ4n) is 4.37. The Balaban J connectivity index is 1.62. The Hall–Kier alpha value is -1.38. The highest BCUT2D eigenvalue weighted by Crippen LogP contribution is 2.40. The van der Waals surface area contributed by atoms with E-state index in [9.17, 15) is 0 Å². The SMILES string of the molecule is Cc1ccc(N(c2ccc(N(c3ccc(C)cc3)c3cc(I)cc(I)c3)cc2)c2cc(I)cc(I)c2)cc1. The zero-order valence-electron chi connectivity index (χ0n) is 20.8. The van der Waals surface area contributed by atoms with E-state index in [1.165, 1.54) is 25.4 Å². The number of rotatable bonds is 6. The minimum atomic E-state index is 1.12. The maximum Gasteiger partial charge on any atom is 0.0482 e. The molecular formula is C32H24I4N2. The highest BCUT2D eigenvalue weighted by Gasteiger charge is 2.17. The molecule has 0 N–H and O–H groups in total. The molecule has 0 aliphatic rings. The molecule has 0 amide bonds. The van der Waals surface area contributed by atoms with Gasteiger partial charge in [-0.15, -0.1) is 0 Å². The van der Waals surface area contributed by atoms with Crippen molar-refractivity contribution in [3.8, 4) is 0 Å². The average Bonchev–Trinajstić information content (AvgIpc) is 2.86. The number of nitrogens with zero attached hydrogens (tertiary/aromatic N) is 2. The molecule has 0 saturated heterocycles. The second kappa shape index (κ2) is 12.4. The van der Waals surface area contributed by atoms with Crippen molar-refractivity contribution in [1.82, 2.24) is 0 Å². The number of anilines is 6. The van der Waals surface area contributed by atoms with E-state index in [1.54, 1.807) is 0 Å². The third-order valence-electron chi connectivity index (χ3n) is 6.16. The minimum Gasteiger partial charge on any atom is -0.310 e. The number of benzene rings is 5. The first-order valence-corrected chi connectivity index (χ1v) is 16.3. The molecule has 5 aromatic rings. The topological polar surface area (TPSA) is 6.48 Å². The van der Waals surface area contributed by atoms with E-state index in [1.807, 2.05) is 0 Å². The van der Waals surface area contributed by atoms with Crippen molar-refractivity contribution in [2.45, 2.75) is 13.8 Å². The van der Waals surface area contributed by atoms with Crippen LogP contribution >= 0.6 is 90.4 Å². The van der Waals surface area contributed by atoms with Gasteiger partial charge in [0.2, 0.25) is 0 Å². The predicted octanol–water partition coefficient (Wildman–Crippen LogP) is 11.7. The molecule has 0 atom stereocenters. The van der Waals surface area contributed by atoms with E-state index in [-0.39, 0.29) is 0 Å². The van der Waals surface area contributed by atoms with Gasteiger partial charge in [0, 0.05) is 48.4 Å². The van der Waals surface area contributed by atoms with Crippen LogP contribution in [0.2, 0.25) is 0 Å². The second-order valence-corrected chi connectivity index (χ2v) is 14.1. The number of hydrogen-bond acceptors (Lipinski definition) is 2. The maximum absolute atomic E-state index is 2.40. The summed E-state index contributed by atoms with van der Waals surface area (Å²) in [6.45, 7) is 4.26. The van der Waals surface area contributed by atoms with Gasteiger partial charge in [0.1, 0.15) is 0 Å². The zero-order chi connectivity index (χ0) is 26.8. The van der Waals surface area contributed by atoms with Gasteiger partial charge in [-0.25, -0.2) is 0 Å². The molecule has 5 aromatic carbocycles. The zero-order valence-corrected chi connectivity index (χ0v) is 29.4. The fraction of sp³-hybridized carbons (Fsp3) is 0.0625. The highest BCUT2D eigenvalue weighted by molar-refractivity contribution is 14.1. The van der Waals surface area contributed by atoms with Crippen LogP contribution in [0.3, 0.4) is 0 Å². The van der Waals surface area contributed by atoms with Crippen LogP contribution in [0.4, 0.5) is 34.1 Å². The van der Waals surface area contributed by atoms with Crippen molar-refractivity contribution in [2.24, 2.45) is 0 Å². The lowest BCUT2D eigenvalue weighted by atomic mass is 10.1. The molecule has 0 fully saturated rings. The van der Waals surface area contributed by atoms with Crippen LogP contribution in [0.25, 0.3) is 0 Å². The molecule has 0 aromatic heterocycles. The van der Waals surface area contributed by atoms with Crippen LogP contribution in [0, 0.1) is 28.1 Å². The van der Waals surface area contributed by atoms with E-state index in [4.69, 9.17) is 0 Å². The normalized spacial score (nSPS) is 10.9. The number of aryl methyl sites for hydroxylation is 2. The summed E-state index contributed by atoms with van der Waals surface area (Å²) in [6, 6.07) is 39.7. The quantitative estimate of drug-likeness (QED) is 0.157. The molecule has 190 valence electrons. The molecule has 0 bridgehead atoms. The van der Waals surface area contributed by atoms with Crippen molar-refractivity contribution in [3.05, 3.63) is 135 Å². The monoisotopic (exact) mass is 944 g/mol. The summed E-state index contributed by atoms with van der Waals surface area (Å²) in [6.07, 6.45) is 0. The summed E-state index contributed by atoms with van der Waals surface area (Å²) < 4.78 is 4.88. The first-order valence-electron chi connectivity index (χ1n) is 12.0. The lowest BCUT2D eigenvalue weighted by Crippen LogP contribution is -2.12. The summed E-state index contributed by atoms with van der Waals surface area (Å²) in [5.41, 5.74) is 9.34. The van der Waals surface area contributed by atoms with Gasteiger partial charge in [-0.2, -0.15) is 0 Å². The van der Waals surface area contributed by atoms with Crippen molar-refractivity contribution in [2.75, 3.05) is 9.80 Å². The highest BCUT2D eigenvalue weighted by atomic mass is 127. The van der Waals surface area contributed by atoms with Crippen LogP contribution < -0.4 is 9.80 Å². The predicted molar refractivity (Wildman–Crippen MR) is 196 cm³/mol. The van der Waals surface area contributed by atoms with Crippen molar-refractivity contribution >= 4 is 124 Å². The van der Waals surface area contributed by atoms with Gasteiger partial charge in [0.05, 0.1) is 0 Å². The Morgan fingerprint density at radius 3 is 0.842 bits per heavy atom. The minimum absolute atomic E-state index is 1.12. The second-order valence-electron chi connectivity index (χ2n) is 9.11. The summed E-state index contributed by atoms with van der Waals surface area (Å²) >= 11 is 9.61. The van der Waals surface area contributed by atoms with E-state index in [0.29, 0.717) is 0 Å². The van der Waals surface area contributed by atoms with E-state index in [0.717, 1.165) is 34.1 Å². The summed E-state index contributed by atoms with van der Waals surface area (Å²) in [4.78, 5) is 4.66. The van der Waals surface area contributed by atoms with E-state index < -0.39 is 0 Å². The largest absolute Gasteiger partial charge is 0.310 e. The third-order valence-corrected chi connectivity index (χ3v) is 8.65. The van der Waals surface area contributed by atoms with Gasteiger partial charge in [0.25, 0.3) is 0 Å². The van der Waals surface area contributed by atoms with Crippen LogP contribution in [-0.2, 0) is 0 Å². The van der Waals surface area contributed by atoms with E-state index in [2.05, 4.69) is 223 Å². The van der Waals surface area contributed by atoms with Crippen molar-refractivity contribution in [1.29, 1.82) is 0 Å². The molecule has 2 nitrogen and oxygen atoms in total. The lowest BCUT2D eigenvalue weighted by Gasteiger charge is -2.29. The molecule has 0 spiro atoms. The van der Waals surface area contributed by atoms with Crippen molar-refractivity contribution < 1.29 is 0 Å². The van der Waals surface area contributed by atoms with E-state index >= 15 is 0 Å². The molecule has 38 heavy (non-hydrogen) atoms. The molecule has 0 saturated carbocycles.